The number of hydrazone groups is 1. The third-order valence-corrected chi connectivity index (χ3v) is 3.82. The molecule has 0 spiro atoms. The molecule has 7 nitrogen and oxygen atoms in total. The van der Waals surface area contributed by atoms with E-state index in [4.69, 9.17) is 4.74 Å². The van der Waals surface area contributed by atoms with Gasteiger partial charge < -0.3 is 10.1 Å². The fourth-order valence-electron chi connectivity index (χ4n) is 2.33. The molecule has 3 aromatic rings. The second kappa shape index (κ2) is 9.09. The van der Waals surface area contributed by atoms with Gasteiger partial charge in [0, 0.05) is 23.6 Å². The van der Waals surface area contributed by atoms with E-state index in [1.807, 2.05) is 0 Å². The van der Waals surface area contributed by atoms with Crippen molar-refractivity contribution in [2.45, 2.75) is 0 Å². The van der Waals surface area contributed by atoms with Crippen LogP contribution in [-0.4, -0.2) is 30.1 Å². The van der Waals surface area contributed by atoms with Crippen molar-refractivity contribution >= 4 is 23.7 Å². The minimum atomic E-state index is -0.347. The molecule has 0 aliphatic rings. The average Bonchev–Trinajstić information content (AvgIpc) is 2.75. The molecule has 28 heavy (non-hydrogen) atoms. The third kappa shape index (κ3) is 5.01. The monoisotopic (exact) mass is 374 g/mol. The average molecular weight is 374 g/mol. The van der Waals surface area contributed by atoms with E-state index in [9.17, 15) is 9.59 Å². The lowest BCUT2D eigenvalue weighted by molar-refractivity contribution is 0.0954. The number of carbonyl (C=O) groups excluding carboxylic acids is 2. The highest BCUT2D eigenvalue weighted by atomic mass is 16.5. The van der Waals surface area contributed by atoms with E-state index in [-0.39, 0.29) is 11.8 Å². The zero-order chi connectivity index (χ0) is 19.8. The van der Waals surface area contributed by atoms with Crippen LogP contribution in [0.15, 0.2) is 78.2 Å². The molecule has 2 N–H and O–H groups in total. The van der Waals surface area contributed by atoms with Gasteiger partial charge in [-0.1, -0.05) is 12.1 Å². The summed E-state index contributed by atoms with van der Waals surface area (Å²) in [6, 6.07) is 17.2. The molecular formula is C21H18N4O3. The smallest absolute Gasteiger partial charge is 0.272 e. The molecule has 1 aromatic heterocycles. The van der Waals surface area contributed by atoms with Crippen molar-refractivity contribution in [3.8, 4) is 5.75 Å². The zero-order valence-corrected chi connectivity index (χ0v) is 15.1. The van der Waals surface area contributed by atoms with Crippen LogP contribution in [0.2, 0.25) is 0 Å². The van der Waals surface area contributed by atoms with E-state index in [1.54, 1.807) is 74.0 Å². The summed E-state index contributed by atoms with van der Waals surface area (Å²) in [4.78, 5) is 28.0. The number of rotatable bonds is 6. The summed E-state index contributed by atoms with van der Waals surface area (Å²) in [7, 11) is 1.59. The number of ether oxygens (including phenoxy) is 1. The molecular weight excluding hydrogens is 356 g/mol. The maximum atomic E-state index is 12.3. The van der Waals surface area contributed by atoms with Gasteiger partial charge in [-0.25, -0.2) is 5.43 Å². The predicted molar refractivity (Wildman–Crippen MR) is 107 cm³/mol. The number of carbonyl (C=O) groups is 2. The first kappa shape index (κ1) is 18.8. The van der Waals surface area contributed by atoms with Gasteiger partial charge in [0.25, 0.3) is 11.8 Å². The quantitative estimate of drug-likeness (QED) is 0.512. The second-order valence-electron chi connectivity index (χ2n) is 5.75. The van der Waals surface area contributed by atoms with Crippen molar-refractivity contribution in [1.29, 1.82) is 0 Å². The van der Waals surface area contributed by atoms with Gasteiger partial charge in [-0.3, -0.25) is 14.6 Å². The first-order valence-electron chi connectivity index (χ1n) is 8.44. The second-order valence-corrected chi connectivity index (χ2v) is 5.75. The Morgan fingerprint density at radius 1 is 0.964 bits per heavy atom. The number of methoxy groups -OCH3 is 1. The highest BCUT2D eigenvalue weighted by Crippen LogP contribution is 2.16. The van der Waals surface area contributed by atoms with E-state index in [1.165, 1.54) is 12.4 Å². The number of nitrogens with zero attached hydrogens (tertiary/aromatic N) is 2. The number of hydrogen-bond acceptors (Lipinski definition) is 5. The SMILES string of the molecule is COc1ccc(NC(=O)c2ccc(/C=N/NC(=O)c3cccnc3)cc2)cc1. The third-order valence-electron chi connectivity index (χ3n) is 3.82. The Bertz CT molecular complexity index is 969. The number of amides is 2. The zero-order valence-electron chi connectivity index (χ0n) is 15.1. The van der Waals surface area contributed by atoms with E-state index >= 15 is 0 Å². The van der Waals surface area contributed by atoms with Crippen LogP contribution in [0.5, 0.6) is 5.75 Å². The number of aromatic nitrogens is 1. The standard InChI is InChI=1S/C21H18N4O3/c1-28-19-10-8-18(9-11-19)24-20(26)16-6-4-15(5-7-16)13-23-25-21(27)17-3-2-12-22-14-17/h2-14H,1H3,(H,24,26)(H,25,27)/b23-13+. The molecule has 0 radical (unpaired) electrons. The van der Waals surface area contributed by atoms with Crippen LogP contribution >= 0.6 is 0 Å². The molecule has 7 heteroatoms. The van der Waals surface area contributed by atoms with Crippen LogP contribution in [0.3, 0.4) is 0 Å². The summed E-state index contributed by atoms with van der Waals surface area (Å²) in [5.74, 6) is 0.149. The van der Waals surface area contributed by atoms with Crippen LogP contribution < -0.4 is 15.5 Å². The largest absolute Gasteiger partial charge is 0.497 e. The lowest BCUT2D eigenvalue weighted by Crippen LogP contribution is -2.17. The van der Waals surface area contributed by atoms with Gasteiger partial charge in [0.2, 0.25) is 0 Å². The summed E-state index contributed by atoms with van der Waals surface area (Å²) < 4.78 is 5.09. The molecule has 2 amide bonds. The van der Waals surface area contributed by atoms with Gasteiger partial charge in [0.05, 0.1) is 18.9 Å². The Morgan fingerprint density at radius 3 is 2.36 bits per heavy atom. The van der Waals surface area contributed by atoms with E-state index < -0.39 is 0 Å². The molecule has 3 rings (SSSR count). The number of nitrogens with one attached hydrogen (secondary N) is 2. The van der Waals surface area contributed by atoms with Gasteiger partial charge in [0.1, 0.15) is 5.75 Å². The van der Waals surface area contributed by atoms with Gasteiger partial charge >= 0.3 is 0 Å². The normalized spacial score (nSPS) is 10.5. The van der Waals surface area contributed by atoms with Crippen LogP contribution in [0, 0.1) is 0 Å². The molecule has 0 fully saturated rings. The molecule has 0 saturated heterocycles. The highest BCUT2D eigenvalue weighted by Gasteiger charge is 2.06. The van der Waals surface area contributed by atoms with Crippen molar-refractivity contribution in [3.63, 3.8) is 0 Å². The molecule has 0 aliphatic carbocycles. The number of benzene rings is 2. The maximum absolute atomic E-state index is 12.3. The maximum Gasteiger partial charge on any atom is 0.272 e. The summed E-state index contributed by atoms with van der Waals surface area (Å²) >= 11 is 0. The van der Waals surface area contributed by atoms with Crippen molar-refractivity contribution in [1.82, 2.24) is 10.4 Å². The van der Waals surface area contributed by atoms with Gasteiger partial charge in [-0.15, -0.1) is 0 Å². The number of anilines is 1. The Labute approximate surface area is 162 Å². The Hall–Kier alpha value is -4.00. The molecule has 0 aliphatic heterocycles. The van der Waals surface area contributed by atoms with E-state index in [0.29, 0.717) is 16.8 Å². The first-order chi connectivity index (χ1) is 13.7. The number of hydrogen-bond donors (Lipinski definition) is 2. The first-order valence-corrected chi connectivity index (χ1v) is 8.44. The summed E-state index contributed by atoms with van der Waals surface area (Å²) in [6.45, 7) is 0. The van der Waals surface area contributed by atoms with Crippen molar-refractivity contribution < 1.29 is 14.3 Å². The molecule has 0 atom stereocenters. The topological polar surface area (TPSA) is 92.7 Å². The molecule has 2 aromatic carbocycles. The van der Waals surface area contributed by atoms with Gasteiger partial charge in [-0.05, 0) is 54.1 Å². The van der Waals surface area contributed by atoms with Crippen LogP contribution in [0.25, 0.3) is 0 Å². The molecule has 0 unspecified atom stereocenters. The van der Waals surface area contributed by atoms with Crippen molar-refractivity contribution in [3.05, 3.63) is 89.7 Å². The molecule has 140 valence electrons. The van der Waals surface area contributed by atoms with Crippen molar-refractivity contribution in [2.75, 3.05) is 12.4 Å². The molecule has 0 saturated carbocycles. The van der Waals surface area contributed by atoms with Gasteiger partial charge in [-0.2, -0.15) is 5.10 Å². The Morgan fingerprint density at radius 2 is 1.71 bits per heavy atom. The highest BCUT2D eigenvalue weighted by molar-refractivity contribution is 6.04. The van der Waals surface area contributed by atoms with Crippen molar-refractivity contribution in [2.24, 2.45) is 5.10 Å². The lowest BCUT2D eigenvalue weighted by atomic mass is 10.1. The summed E-state index contributed by atoms with van der Waals surface area (Å²) in [5.41, 5.74) is 4.77. The molecule has 0 bridgehead atoms. The predicted octanol–water partition coefficient (Wildman–Crippen LogP) is 3.11. The Balaban J connectivity index is 1.56. The molecule has 1 heterocycles. The van der Waals surface area contributed by atoms with Gasteiger partial charge in [0.15, 0.2) is 0 Å². The van der Waals surface area contributed by atoms with Crippen LogP contribution in [0.1, 0.15) is 26.3 Å². The van der Waals surface area contributed by atoms with Crippen LogP contribution in [0.4, 0.5) is 5.69 Å². The lowest BCUT2D eigenvalue weighted by Gasteiger charge is -2.06. The van der Waals surface area contributed by atoms with Crippen LogP contribution in [-0.2, 0) is 0 Å². The fraction of sp³-hybridized carbons (Fsp3) is 0.0476. The fourth-order valence-corrected chi connectivity index (χ4v) is 2.33. The minimum Gasteiger partial charge on any atom is -0.497 e. The number of pyridine rings is 1. The Kier molecular flexibility index (Phi) is 6.10. The summed E-state index contributed by atoms with van der Waals surface area (Å²) in [6.07, 6.45) is 4.55. The minimum absolute atomic E-state index is 0.224. The van der Waals surface area contributed by atoms with E-state index in [2.05, 4.69) is 20.8 Å². The summed E-state index contributed by atoms with van der Waals surface area (Å²) in [5, 5.41) is 6.73. The van der Waals surface area contributed by atoms with E-state index in [0.717, 1.165) is 11.3 Å².